The van der Waals surface area contributed by atoms with Gasteiger partial charge < -0.3 is 5.32 Å². The van der Waals surface area contributed by atoms with E-state index in [1.807, 2.05) is 0 Å². The van der Waals surface area contributed by atoms with Crippen molar-refractivity contribution in [2.75, 3.05) is 12.3 Å². The van der Waals surface area contributed by atoms with Crippen LogP contribution in [0, 0.1) is 0 Å². The zero-order valence-electron chi connectivity index (χ0n) is 10.1. The highest BCUT2D eigenvalue weighted by atomic mass is 32.2. The molecule has 1 amide bonds. The van der Waals surface area contributed by atoms with Gasteiger partial charge in [-0.3, -0.25) is 9.35 Å². The molecule has 1 aromatic heterocycles. The fraction of sp³-hybridized carbons (Fsp3) is 0.200. The maximum absolute atomic E-state index is 11.7. The maximum atomic E-state index is 11.7. The van der Waals surface area contributed by atoms with E-state index in [2.05, 4.69) is 25.9 Å². The summed E-state index contributed by atoms with van der Waals surface area (Å²) in [6.07, 6.45) is 0. The van der Waals surface area contributed by atoms with Gasteiger partial charge in [0.25, 0.3) is 16.0 Å². The second-order valence-electron chi connectivity index (χ2n) is 3.85. The third-order valence-corrected chi connectivity index (χ3v) is 3.12. The van der Waals surface area contributed by atoms with Crippen LogP contribution in [-0.4, -0.2) is 51.8 Å². The van der Waals surface area contributed by atoms with Gasteiger partial charge >= 0.3 is 0 Å². The summed E-state index contributed by atoms with van der Waals surface area (Å²) in [4.78, 5) is 11.7. The summed E-state index contributed by atoms with van der Waals surface area (Å²) < 4.78 is 29.6. The van der Waals surface area contributed by atoms with Gasteiger partial charge in [0.2, 0.25) is 5.82 Å². The van der Waals surface area contributed by atoms with Crippen molar-refractivity contribution in [2.24, 2.45) is 0 Å². The van der Waals surface area contributed by atoms with Crippen LogP contribution in [-0.2, 0) is 10.1 Å². The molecule has 0 radical (unpaired) electrons. The fourth-order valence-electron chi connectivity index (χ4n) is 1.45. The van der Waals surface area contributed by atoms with Crippen molar-refractivity contribution in [3.05, 3.63) is 29.8 Å². The molecule has 9 nitrogen and oxygen atoms in total. The van der Waals surface area contributed by atoms with Gasteiger partial charge in [-0.2, -0.15) is 13.6 Å². The molecular formula is C10H11N5O4S. The van der Waals surface area contributed by atoms with E-state index < -0.39 is 21.8 Å². The highest BCUT2D eigenvalue weighted by molar-refractivity contribution is 7.85. The third kappa shape index (κ3) is 3.83. The average molecular weight is 297 g/mol. The van der Waals surface area contributed by atoms with E-state index in [-0.39, 0.29) is 6.54 Å². The van der Waals surface area contributed by atoms with Crippen LogP contribution in [0.15, 0.2) is 24.3 Å². The molecule has 20 heavy (non-hydrogen) atoms. The van der Waals surface area contributed by atoms with Crippen molar-refractivity contribution in [3.63, 3.8) is 0 Å². The predicted molar refractivity (Wildman–Crippen MR) is 68.4 cm³/mol. The SMILES string of the molecule is O=C(NCCS(=O)(=O)O)c1ccc(-c2nn[nH]n2)cc1. The van der Waals surface area contributed by atoms with Crippen molar-refractivity contribution in [3.8, 4) is 11.4 Å². The van der Waals surface area contributed by atoms with Gasteiger partial charge in [-0.15, -0.1) is 10.2 Å². The quantitative estimate of drug-likeness (QED) is 0.631. The summed E-state index contributed by atoms with van der Waals surface area (Å²) >= 11 is 0. The van der Waals surface area contributed by atoms with Crippen LogP contribution in [0.5, 0.6) is 0 Å². The molecule has 0 atom stereocenters. The van der Waals surface area contributed by atoms with Crippen LogP contribution >= 0.6 is 0 Å². The summed E-state index contributed by atoms with van der Waals surface area (Å²) in [5.41, 5.74) is 1.04. The van der Waals surface area contributed by atoms with Gasteiger partial charge in [-0.1, -0.05) is 12.1 Å². The van der Waals surface area contributed by atoms with Crippen LogP contribution in [0.2, 0.25) is 0 Å². The zero-order chi connectivity index (χ0) is 14.6. The van der Waals surface area contributed by atoms with Gasteiger partial charge in [0.05, 0.1) is 5.75 Å². The molecular weight excluding hydrogens is 286 g/mol. The van der Waals surface area contributed by atoms with Gasteiger partial charge in [0, 0.05) is 17.7 Å². The fourth-order valence-corrected chi connectivity index (χ4v) is 1.81. The number of aromatic amines is 1. The molecule has 0 aliphatic heterocycles. The Morgan fingerprint density at radius 3 is 2.55 bits per heavy atom. The van der Waals surface area contributed by atoms with E-state index in [9.17, 15) is 13.2 Å². The maximum Gasteiger partial charge on any atom is 0.266 e. The number of amides is 1. The second kappa shape index (κ2) is 5.75. The van der Waals surface area contributed by atoms with E-state index in [0.717, 1.165) is 0 Å². The largest absolute Gasteiger partial charge is 0.351 e. The molecule has 0 saturated carbocycles. The van der Waals surface area contributed by atoms with E-state index in [0.29, 0.717) is 17.0 Å². The Labute approximate surface area is 114 Å². The number of H-pyrrole nitrogens is 1. The summed E-state index contributed by atoms with van der Waals surface area (Å²) in [7, 11) is -4.08. The Balaban J connectivity index is 1.98. The molecule has 0 spiro atoms. The number of hydrogen-bond donors (Lipinski definition) is 3. The summed E-state index contributed by atoms with van der Waals surface area (Å²) in [5, 5.41) is 15.7. The minimum Gasteiger partial charge on any atom is -0.351 e. The first-order valence-corrected chi connectivity index (χ1v) is 7.14. The number of nitrogens with zero attached hydrogens (tertiary/aromatic N) is 3. The van der Waals surface area contributed by atoms with Crippen molar-refractivity contribution < 1.29 is 17.8 Å². The first kappa shape index (κ1) is 14.1. The number of hydrogen-bond acceptors (Lipinski definition) is 6. The lowest BCUT2D eigenvalue weighted by Gasteiger charge is -2.04. The highest BCUT2D eigenvalue weighted by Crippen LogP contribution is 2.13. The van der Waals surface area contributed by atoms with Crippen molar-refractivity contribution >= 4 is 16.0 Å². The Morgan fingerprint density at radius 1 is 1.30 bits per heavy atom. The van der Waals surface area contributed by atoms with E-state index in [1.165, 1.54) is 0 Å². The van der Waals surface area contributed by atoms with Crippen molar-refractivity contribution in [2.45, 2.75) is 0 Å². The number of rotatable bonds is 5. The lowest BCUT2D eigenvalue weighted by Crippen LogP contribution is -2.28. The monoisotopic (exact) mass is 297 g/mol. The molecule has 3 N–H and O–H groups in total. The smallest absolute Gasteiger partial charge is 0.266 e. The zero-order valence-corrected chi connectivity index (χ0v) is 11.0. The summed E-state index contributed by atoms with van der Waals surface area (Å²) in [6.45, 7) is -0.162. The molecule has 106 valence electrons. The molecule has 0 unspecified atom stereocenters. The van der Waals surface area contributed by atoms with Crippen LogP contribution in [0.25, 0.3) is 11.4 Å². The normalized spacial score (nSPS) is 11.2. The number of aromatic nitrogens is 4. The molecule has 2 aromatic rings. The van der Waals surface area contributed by atoms with Gasteiger partial charge in [-0.25, -0.2) is 0 Å². The molecule has 0 bridgehead atoms. The molecule has 1 heterocycles. The summed E-state index contributed by atoms with van der Waals surface area (Å²) in [5.74, 6) is -0.559. The molecule has 0 fully saturated rings. The first-order chi connectivity index (χ1) is 9.46. The van der Waals surface area contributed by atoms with Gasteiger partial charge in [-0.05, 0) is 17.3 Å². The topological polar surface area (TPSA) is 138 Å². The molecule has 0 aliphatic carbocycles. The Bertz CT molecular complexity index is 681. The number of benzene rings is 1. The number of carbonyl (C=O) groups excluding carboxylic acids is 1. The Kier molecular flexibility index (Phi) is 4.05. The molecule has 0 aliphatic rings. The van der Waals surface area contributed by atoms with E-state index >= 15 is 0 Å². The predicted octanol–water partition coefficient (Wildman–Crippen LogP) is -0.516. The van der Waals surface area contributed by atoms with Gasteiger partial charge in [0.15, 0.2) is 0 Å². The van der Waals surface area contributed by atoms with E-state index in [1.54, 1.807) is 24.3 Å². The number of tetrazole rings is 1. The minimum absolute atomic E-state index is 0.162. The molecule has 10 heteroatoms. The third-order valence-electron chi connectivity index (χ3n) is 2.40. The number of nitrogens with one attached hydrogen (secondary N) is 2. The number of carbonyl (C=O) groups is 1. The standard InChI is InChI=1S/C10H11N5O4S/c16-10(11-5-6-20(17,18)19)8-3-1-7(2-4-8)9-12-14-15-13-9/h1-4H,5-6H2,(H,11,16)(H,17,18,19)(H,12,13,14,15). The molecule has 0 saturated heterocycles. The molecule has 2 rings (SSSR count). The van der Waals surface area contributed by atoms with Crippen LogP contribution in [0.1, 0.15) is 10.4 Å². The minimum atomic E-state index is -4.08. The Hall–Kier alpha value is -2.33. The Morgan fingerprint density at radius 2 is 2.00 bits per heavy atom. The first-order valence-electron chi connectivity index (χ1n) is 5.53. The highest BCUT2D eigenvalue weighted by Gasteiger charge is 2.09. The average Bonchev–Trinajstić information content (AvgIpc) is 2.91. The lowest BCUT2D eigenvalue weighted by molar-refractivity contribution is 0.0956. The van der Waals surface area contributed by atoms with Crippen LogP contribution in [0.3, 0.4) is 0 Å². The lowest BCUT2D eigenvalue weighted by atomic mass is 10.1. The van der Waals surface area contributed by atoms with Crippen LogP contribution < -0.4 is 5.32 Å². The second-order valence-corrected chi connectivity index (χ2v) is 5.43. The summed E-state index contributed by atoms with van der Waals surface area (Å²) in [6, 6.07) is 6.38. The molecule has 1 aromatic carbocycles. The van der Waals surface area contributed by atoms with Crippen molar-refractivity contribution in [1.82, 2.24) is 25.9 Å². The van der Waals surface area contributed by atoms with Crippen LogP contribution in [0.4, 0.5) is 0 Å². The van der Waals surface area contributed by atoms with Crippen molar-refractivity contribution in [1.29, 1.82) is 0 Å². The van der Waals surface area contributed by atoms with E-state index in [4.69, 9.17) is 4.55 Å². The van der Waals surface area contributed by atoms with Gasteiger partial charge in [0.1, 0.15) is 0 Å².